The molecule has 0 fully saturated rings. The molecule has 114 valence electrons. The molecule has 1 aromatic heterocycles. The van der Waals surface area contributed by atoms with Crippen molar-refractivity contribution in [1.82, 2.24) is 4.57 Å². The highest BCUT2D eigenvalue weighted by molar-refractivity contribution is 9.10. The standard InChI is InChI=1S/C16H15BrN2O2S/c1-3-9(2)19-15(20)14(22-16(19)21)6-10-8-18-13-5-4-11(17)7-12(10)13/h4-9,20H,3H2,1-2H3/b10-6+/t9-/m0/s1. The lowest BCUT2D eigenvalue weighted by molar-refractivity contribution is 0.381. The van der Waals surface area contributed by atoms with Gasteiger partial charge < -0.3 is 5.11 Å². The van der Waals surface area contributed by atoms with Crippen molar-refractivity contribution in [1.29, 1.82) is 0 Å². The highest BCUT2D eigenvalue weighted by atomic mass is 79.9. The molecule has 0 amide bonds. The molecule has 0 aliphatic carbocycles. The lowest BCUT2D eigenvalue weighted by Crippen LogP contribution is -2.16. The van der Waals surface area contributed by atoms with Crippen LogP contribution in [-0.2, 0) is 0 Å². The maximum absolute atomic E-state index is 12.1. The van der Waals surface area contributed by atoms with Crippen LogP contribution < -0.4 is 4.87 Å². The normalized spacial score (nSPS) is 16.2. The molecule has 1 aliphatic rings. The van der Waals surface area contributed by atoms with Gasteiger partial charge in [0.25, 0.3) is 0 Å². The minimum absolute atomic E-state index is 0.0189. The van der Waals surface area contributed by atoms with Crippen LogP contribution in [0.25, 0.3) is 11.6 Å². The zero-order valence-electron chi connectivity index (χ0n) is 12.2. The van der Waals surface area contributed by atoms with E-state index in [4.69, 9.17) is 0 Å². The van der Waals surface area contributed by atoms with Crippen molar-refractivity contribution in [2.24, 2.45) is 4.99 Å². The van der Waals surface area contributed by atoms with Gasteiger partial charge >= 0.3 is 4.87 Å². The largest absolute Gasteiger partial charge is 0.493 e. The third-order valence-electron chi connectivity index (χ3n) is 3.77. The Morgan fingerprint density at radius 3 is 3.00 bits per heavy atom. The van der Waals surface area contributed by atoms with E-state index in [1.54, 1.807) is 6.21 Å². The van der Waals surface area contributed by atoms with Gasteiger partial charge in [0.05, 0.1) is 10.6 Å². The quantitative estimate of drug-likeness (QED) is 0.847. The van der Waals surface area contributed by atoms with Crippen LogP contribution in [-0.4, -0.2) is 15.9 Å². The van der Waals surface area contributed by atoms with Gasteiger partial charge in [-0.05, 0) is 37.6 Å². The summed E-state index contributed by atoms with van der Waals surface area (Å²) in [5.41, 5.74) is 2.77. The lowest BCUT2D eigenvalue weighted by Gasteiger charge is -2.10. The van der Waals surface area contributed by atoms with E-state index in [-0.39, 0.29) is 16.8 Å². The molecule has 0 bridgehead atoms. The summed E-state index contributed by atoms with van der Waals surface area (Å²) in [5.74, 6) is 0.0358. The average molecular weight is 379 g/mol. The first-order valence-electron chi connectivity index (χ1n) is 7.01. The molecule has 4 nitrogen and oxygen atoms in total. The Kier molecular flexibility index (Phi) is 4.06. The molecule has 0 radical (unpaired) electrons. The van der Waals surface area contributed by atoms with Crippen molar-refractivity contribution >= 4 is 50.8 Å². The highest BCUT2D eigenvalue weighted by Gasteiger charge is 2.18. The first-order valence-corrected chi connectivity index (χ1v) is 8.62. The molecule has 3 rings (SSSR count). The number of halogens is 1. The first-order chi connectivity index (χ1) is 10.5. The third kappa shape index (κ3) is 2.57. The van der Waals surface area contributed by atoms with E-state index in [9.17, 15) is 9.90 Å². The summed E-state index contributed by atoms with van der Waals surface area (Å²) < 4.78 is 2.42. The second kappa shape index (κ2) is 5.85. The fourth-order valence-corrected chi connectivity index (χ4v) is 3.67. The van der Waals surface area contributed by atoms with Crippen LogP contribution in [0.5, 0.6) is 5.88 Å². The number of hydrogen-bond acceptors (Lipinski definition) is 4. The number of fused-ring (bicyclic) bond motifs is 1. The Hall–Kier alpha value is -1.66. The smallest absolute Gasteiger partial charge is 0.310 e. The number of benzene rings is 1. The van der Waals surface area contributed by atoms with Crippen LogP contribution in [0.2, 0.25) is 0 Å². The first kappa shape index (κ1) is 15.2. The Morgan fingerprint density at radius 2 is 2.27 bits per heavy atom. The van der Waals surface area contributed by atoms with Crippen LogP contribution in [0, 0.1) is 0 Å². The number of thiazole rings is 1. The van der Waals surface area contributed by atoms with E-state index in [1.807, 2.05) is 38.1 Å². The van der Waals surface area contributed by atoms with Gasteiger partial charge in [-0.3, -0.25) is 14.4 Å². The lowest BCUT2D eigenvalue weighted by atomic mass is 10.1. The fourth-order valence-electron chi connectivity index (χ4n) is 2.38. The average Bonchev–Trinajstić information content (AvgIpc) is 3.00. The van der Waals surface area contributed by atoms with Crippen molar-refractivity contribution in [2.45, 2.75) is 26.3 Å². The van der Waals surface area contributed by atoms with Crippen LogP contribution >= 0.6 is 27.3 Å². The minimum atomic E-state index is -0.136. The Balaban J connectivity index is 2.07. The van der Waals surface area contributed by atoms with E-state index < -0.39 is 0 Å². The zero-order valence-corrected chi connectivity index (χ0v) is 14.6. The monoisotopic (exact) mass is 378 g/mol. The summed E-state index contributed by atoms with van der Waals surface area (Å²) in [4.78, 5) is 16.9. The molecule has 2 heterocycles. The molecular weight excluding hydrogens is 364 g/mol. The molecule has 6 heteroatoms. The molecule has 0 spiro atoms. The SMILES string of the molecule is CC[C@H](C)n1c(O)c(/C=C2\C=Nc3ccc(Br)cc32)sc1=O. The Bertz CT molecular complexity index is 848. The third-order valence-corrected chi connectivity index (χ3v) is 5.16. The second-order valence-electron chi connectivity index (χ2n) is 5.20. The van der Waals surface area contributed by atoms with Gasteiger partial charge in [-0.1, -0.05) is 34.2 Å². The van der Waals surface area contributed by atoms with E-state index in [0.29, 0.717) is 4.88 Å². The minimum Gasteiger partial charge on any atom is -0.493 e. The molecule has 22 heavy (non-hydrogen) atoms. The van der Waals surface area contributed by atoms with Crippen molar-refractivity contribution in [2.75, 3.05) is 0 Å². The Morgan fingerprint density at radius 1 is 1.50 bits per heavy atom. The number of aromatic nitrogens is 1. The van der Waals surface area contributed by atoms with Crippen LogP contribution in [0.1, 0.15) is 36.8 Å². The van der Waals surface area contributed by atoms with E-state index in [0.717, 1.165) is 39.1 Å². The zero-order chi connectivity index (χ0) is 15.9. The van der Waals surface area contributed by atoms with Crippen molar-refractivity contribution < 1.29 is 5.11 Å². The van der Waals surface area contributed by atoms with Crippen LogP contribution in [0.15, 0.2) is 32.5 Å². The van der Waals surface area contributed by atoms with Gasteiger partial charge in [0, 0.05) is 27.9 Å². The molecule has 1 aromatic carbocycles. The van der Waals surface area contributed by atoms with Crippen molar-refractivity contribution in [3.8, 4) is 5.88 Å². The summed E-state index contributed by atoms with van der Waals surface area (Å²) >= 11 is 4.51. The van der Waals surface area contributed by atoms with Gasteiger partial charge in [0.15, 0.2) is 0 Å². The molecule has 1 N–H and O–H groups in total. The number of allylic oxidation sites excluding steroid dienone is 1. The topological polar surface area (TPSA) is 54.6 Å². The molecule has 0 saturated carbocycles. The molecule has 2 aromatic rings. The van der Waals surface area contributed by atoms with Gasteiger partial charge in [0.2, 0.25) is 5.88 Å². The predicted molar refractivity (Wildman–Crippen MR) is 95.4 cm³/mol. The van der Waals surface area contributed by atoms with Crippen LogP contribution in [0.3, 0.4) is 0 Å². The van der Waals surface area contributed by atoms with Crippen molar-refractivity contribution in [3.63, 3.8) is 0 Å². The van der Waals surface area contributed by atoms with E-state index >= 15 is 0 Å². The number of nitrogens with zero attached hydrogens (tertiary/aromatic N) is 2. The number of hydrogen-bond donors (Lipinski definition) is 1. The fraction of sp³-hybridized carbons (Fsp3) is 0.250. The summed E-state index contributed by atoms with van der Waals surface area (Å²) in [5, 5.41) is 10.3. The highest BCUT2D eigenvalue weighted by Crippen LogP contribution is 2.36. The molecule has 1 atom stereocenters. The number of rotatable bonds is 3. The van der Waals surface area contributed by atoms with Gasteiger partial charge in [-0.25, -0.2) is 0 Å². The Labute approximate surface area is 140 Å². The van der Waals surface area contributed by atoms with Gasteiger partial charge in [0.1, 0.15) is 0 Å². The van der Waals surface area contributed by atoms with Crippen molar-refractivity contribution in [3.05, 3.63) is 42.8 Å². The van der Waals surface area contributed by atoms with E-state index in [2.05, 4.69) is 20.9 Å². The number of aromatic hydroxyl groups is 1. The summed E-state index contributed by atoms with van der Waals surface area (Å²) in [6.45, 7) is 3.91. The predicted octanol–water partition coefficient (Wildman–Crippen LogP) is 4.61. The summed E-state index contributed by atoms with van der Waals surface area (Å²) in [6.07, 6.45) is 4.37. The maximum Gasteiger partial charge on any atom is 0.310 e. The van der Waals surface area contributed by atoms with Gasteiger partial charge in [-0.2, -0.15) is 0 Å². The van der Waals surface area contributed by atoms with Crippen LogP contribution in [0.4, 0.5) is 5.69 Å². The summed E-state index contributed by atoms with van der Waals surface area (Å²) in [7, 11) is 0. The molecular formula is C16H15BrN2O2S. The molecule has 0 saturated heterocycles. The van der Waals surface area contributed by atoms with E-state index in [1.165, 1.54) is 4.57 Å². The van der Waals surface area contributed by atoms with Gasteiger partial charge in [-0.15, -0.1) is 0 Å². The number of aliphatic imine (C=N–C) groups is 1. The molecule has 1 aliphatic heterocycles. The second-order valence-corrected chi connectivity index (χ2v) is 7.11. The molecule has 0 unspecified atom stereocenters. The summed E-state index contributed by atoms with van der Waals surface area (Å²) in [6, 6.07) is 5.84. The maximum atomic E-state index is 12.1.